The Morgan fingerprint density at radius 1 is 1.12 bits per heavy atom. The van der Waals surface area contributed by atoms with Crippen LogP contribution >= 0.6 is 23.4 Å². The van der Waals surface area contributed by atoms with Crippen molar-refractivity contribution in [2.75, 3.05) is 12.9 Å². The molecule has 34 heavy (non-hydrogen) atoms. The van der Waals surface area contributed by atoms with Crippen LogP contribution in [0.2, 0.25) is 5.02 Å². The minimum Gasteiger partial charge on any atom is -0.497 e. The molecule has 1 fully saturated rings. The number of hydrogen-bond donors (Lipinski definition) is 1. The lowest BCUT2D eigenvalue weighted by atomic mass is 9.95. The number of ether oxygens (including phenoxy) is 1. The third-order valence-electron chi connectivity index (χ3n) is 6.23. The number of methoxy groups -OCH3 is 1. The Morgan fingerprint density at radius 3 is 2.50 bits per heavy atom. The van der Waals surface area contributed by atoms with E-state index in [2.05, 4.69) is 5.32 Å². The van der Waals surface area contributed by atoms with Crippen LogP contribution in [0.1, 0.15) is 56.6 Å². The average Bonchev–Trinajstić information content (AvgIpc) is 2.85. The molecular weight excluding hydrogens is 468 g/mol. The number of amides is 2. The first-order chi connectivity index (χ1) is 16.5. The fourth-order valence-corrected chi connectivity index (χ4v) is 5.43. The zero-order chi connectivity index (χ0) is 24.3. The van der Waals surface area contributed by atoms with Crippen LogP contribution in [0.4, 0.5) is 0 Å². The topological polar surface area (TPSA) is 58.6 Å². The molecule has 1 unspecified atom stereocenters. The highest BCUT2D eigenvalue weighted by molar-refractivity contribution is 7.99. The molecular formula is C27H35ClN2O3S. The summed E-state index contributed by atoms with van der Waals surface area (Å²) in [5.74, 6) is 1.68. The quantitative estimate of drug-likeness (QED) is 0.419. The van der Waals surface area contributed by atoms with Crippen LogP contribution in [0.3, 0.4) is 0 Å². The summed E-state index contributed by atoms with van der Waals surface area (Å²) >= 11 is 7.63. The van der Waals surface area contributed by atoms with E-state index in [1.54, 1.807) is 23.8 Å². The molecule has 0 radical (unpaired) electrons. The van der Waals surface area contributed by atoms with Gasteiger partial charge in [0.2, 0.25) is 11.8 Å². The fourth-order valence-electron chi connectivity index (χ4n) is 4.36. The van der Waals surface area contributed by atoms with Crippen molar-refractivity contribution in [2.45, 2.75) is 69.8 Å². The summed E-state index contributed by atoms with van der Waals surface area (Å²) in [7, 11) is 1.63. The predicted octanol–water partition coefficient (Wildman–Crippen LogP) is 5.84. The molecule has 1 atom stereocenters. The molecule has 2 aromatic rings. The standard InChI is InChI=1S/C27H35ClN2O3S/c1-3-25(27(32)29-23-10-5-4-6-11-23)30(17-20-12-14-24(33-2)15-13-20)26(31)19-34-18-21-8-7-9-22(28)16-21/h7-9,12-16,23,25H,3-6,10-11,17-19H2,1-2H3,(H,29,32). The summed E-state index contributed by atoms with van der Waals surface area (Å²) in [6.07, 6.45) is 6.13. The molecule has 0 bridgehead atoms. The molecule has 0 aliphatic heterocycles. The van der Waals surface area contributed by atoms with Gasteiger partial charge in [-0.25, -0.2) is 0 Å². The summed E-state index contributed by atoms with van der Waals surface area (Å²) in [6.45, 7) is 2.36. The van der Waals surface area contributed by atoms with Crippen LogP contribution in [-0.2, 0) is 21.9 Å². The summed E-state index contributed by atoms with van der Waals surface area (Å²) in [4.78, 5) is 28.4. The molecule has 1 aliphatic rings. The van der Waals surface area contributed by atoms with Crippen LogP contribution in [0.25, 0.3) is 0 Å². The number of thioether (sulfide) groups is 1. The van der Waals surface area contributed by atoms with Crippen molar-refractivity contribution in [1.29, 1.82) is 0 Å². The lowest BCUT2D eigenvalue weighted by Crippen LogP contribution is -2.52. The second-order valence-electron chi connectivity index (χ2n) is 8.76. The molecule has 1 aliphatic carbocycles. The number of carbonyl (C=O) groups excluding carboxylic acids is 2. The first-order valence-electron chi connectivity index (χ1n) is 12.0. The Bertz CT molecular complexity index is 932. The van der Waals surface area contributed by atoms with Crippen LogP contribution in [-0.4, -0.2) is 41.7 Å². The molecule has 0 heterocycles. The summed E-state index contributed by atoms with van der Waals surface area (Å²) < 4.78 is 5.26. The van der Waals surface area contributed by atoms with E-state index < -0.39 is 6.04 Å². The van der Waals surface area contributed by atoms with Crippen molar-refractivity contribution in [2.24, 2.45) is 0 Å². The number of carbonyl (C=O) groups is 2. The van der Waals surface area contributed by atoms with Crippen molar-refractivity contribution in [3.05, 3.63) is 64.7 Å². The Kier molecular flexibility index (Phi) is 10.6. The highest BCUT2D eigenvalue weighted by atomic mass is 35.5. The Hall–Kier alpha value is -2.18. The van der Waals surface area contributed by atoms with Gasteiger partial charge in [-0.1, -0.05) is 62.1 Å². The zero-order valence-corrected chi connectivity index (χ0v) is 21.7. The van der Waals surface area contributed by atoms with Gasteiger partial charge in [0.05, 0.1) is 12.9 Å². The smallest absolute Gasteiger partial charge is 0.243 e. The van der Waals surface area contributed by atoms with Gasteiger partial charge in [-0.05, 0) is 54.7 Å². The van der Waals surface area contributed by atoms with E-state index in [-0.39, 0.29) is 17.9 Å². The summed E-state index contributed by atoms with van der Waals surface area (Å²) in [5, 5.41) is 3.91. The molecule has 3 rings (SSSR count). The first-order valence-corrected chi connectivity index (χ1v) is 13.6. The van der Waals surface area contributed by atoms with Crippen molar-refractivity contribution in [1.82, 2.24) is 10.2 Å². The van der Waals surface area contributed by atoms with Crippen LogP contribution in [0.15, 0.2) is 48.5 Å². The molecule has 0 aromatic heterocycles. The van der Waals surface area contributed by atoms with E-state index in [0.29, 0.717) is 29.5 Å². The summed E-state index contributed by atoms with van der Waals surface area (Å²) in [5.41, 5.74) is 2.05. The predicted molar refractivity (Wildman–Crippen MR) is 140 cm³/mol. The van der Waals surface area contributed by atoms with Gasteiger partial charge in [-0.3, -0.25) is 9.59 Å². The van der Waals surface area contributed by atoms with E-state index in [4.69, 9.17) is 16.3 Å². The maximum Gasteiger partial charge on any atom is 0.243 e. The van der Waals surface area contributed by atoms with Crippen molar-refractivity contribution < 1.29 is 14.3 Å². The van der Waals surface area contributed by atoms with Crippen LogP contribution in [0.5, 0.6) is 5.75 Å². The van der Waals surface area contributed by atoms with E-state index in [1.165, 1.54) is 6.42 Å². The third-order valence-corrected chi connectivity index (χ3v) is 7.46. The van der Waals surface area contributed by atoms with Crippen LogP contribution < -0.4 is 10.1 Å². The van der Waals surface area contributed by atoms with Crippen molar-refractivity contribution in [3.63, 3.8) is 0 Å². The second-order valence-corrected chi connectivity index (χ2v) is 10.2. The highest BCUT2D eigenvalue weighted by Gasteiger charge is 2.30. The highest BCUT2D eigenvalue weighted by Crippen LogP contribution is 2.22. The molecule has 0 spiro atoms. The number of nitrogens with zero attached hydrogens (tertiary/aromatic N) is 1. The van der Waals surface area contributed by atoms with Gasteiger partial charge in [0.15, 0.2) is 0 Å². The number of benzene rings is 2. The largest absolute Gasteiger partial charge is 0.497 e. The zero-order valence-electron chi connectivity index (χ0n) is 20.1. The normalized spacial score (nSPS) is 14.9. The van der Waals surface area contributed by atoms with Crippen molar-refractivity contribution in [3.8, 4) is 5.75 Å². The minimum atomic E-state index is -0.497. The number of hydrogen-bond acceptors (Lipinski definition) is 4. The molecule has 0 saturated heterocycles. The number of halogens is 1. The average molecular weight is 503 g/mol. The first kappa shape index (κ1) is 26.4. The molecule has 184 valence electrons. The van der Waals surface area contributed by atoms with Gasteiger partial charge in [0, 0.05) is 23.4 Å². The van der Waals surface area contributed by atoms with Gasteiger partial charge in [0.25, 0.3) is 0 Å². The fraction of sp³-hybridized carbons (Fsp3) is 0.481. The van der Waals surface area contributed by atoms with E-state index in [1.807, 2.05) is 55.5 Å². The third kappa shape index (κ3) is 7.95. The summed E-state index contributed by atoms with van der Waals surface area (Å²) in [6, 6.07) is 15.1. The molecule has 2 amide bonds. The van der Waals surface area contributed by atoms with Gasteiger partial charge >= 0.3 is 0 Å². The molecule has 1 saturated carbocycles. The lowest BCUT2D eigenvalue weighted by Gasteiger charge is -2.32. The maximum absolute atomic E-state index is 13.4. The van der Waals surface area contributed by atoms with E-state index in [0.717, 1.165) is 42.6 Å². The second kappa shape index (κ2) is 13.6. The van der Waals surface area contributed by atoms with Crippen LogP contribution in [0, 0.1) is 0 Å². The van der Waals surface area contributed by atoms with Crippen molar-refractivity contribution >= 4 is 35.2 Å². The Labute approximate surface area is 212 Å². The lowest BCUT2D eigenvalue weighted by molar-refractivity contribution is -0.139. The van der Waals surface area contributed by atoms with Gasteiger partial charge in [-0.15, -0.1) is 11.8 Å². The number of nitrogens with one attached hydrogen (secondary N) is 1. The molecule has 2 aromatic carbocycles. The minimum absolute atomic E-state index is 0.0338. The maximum atomic E-state index is 13.4. The Morgan fingerprint density at radius 2 is 1.85 bits per heavy atom. The monoisotopic (exact) mass is 502 g/mol. The van der Waals surface area contributed by atoms with E-state index in [9.17, 15) is 9.59 Å². The molecule has 1 N–H and O–H groups in total. The van der Waals surface area contributed by atoms with Gasteiger partial charge in [0.1, 0.15) is 11.8 Å². The Balaban J connectivity index is 1.70. The molecule has 5 nitrogen and oxygen atoms in total. The van der Waals surface area contributed by atoms with Gasteiger partial charge in [-0.2, -0.15) is 0 Å². The van der Waals surface area contributed by atoms with Gasteiger partial charge < -0.3 is 15.0 Å². The number of rotatable bonds is 11. The SMILES string of the molecule is CCC(C(=O)NC1CCCCC1)N(Cc1ccc(OC)cc1)C(=O)CSCc1cccc(Cl)c1. The van der Waals surface area contributed by atoms with E-state index >= 15 is 0 Å². The molecule has 7 heteroatoms.